The minimum absolute atomic E-state index is 0.342. The fourth-order valence-corrected chi connectivity index (χ4v) is 1.16. The Labute approximate surface area is 70.2 Å². The zero-order valence-corrected chi connectivity index (χ0v) is 7.43. The van der Waals surface area contributed by atoms with Crippen molar-refractivity contribution in [3.8, 4) is 0 Å². The van der Waals surface area contributed by atoms with Crippen molar-refractivity contribution < 1.29 is 8.42 Å². The molecular weight excluding hydrogens is 180 g/mol. The van der Waals surface area contributed by atoms with Crippen LogP contribution >= 0.6 is 0 Å². The molecule has 7 heteroatoms. The van der Waals surface area contributed by atoms with E-state index in [0.29, 0.717) is 12.2 Å². The van der Waals surface area contributed by atoms with Crippen molar-refractivity contribution in [1.82, 2.24) is 15.2 Å². The van der Waals surface area contributed by atoms with Crippen molar-refractivity contribution in [2.45, 2.75) is 24.9 Å². The Kier molecular flexibility index (Phi) is 2.43. The summed E-state index contributed by atoms with van der Waals surface area (Å²) in [5.74, 6) is 0.543. The molecule has 0 saturated carbocycles. The molecule has 68 valence electrons. The average Bonchev–Trinajstić information content (AvgIpc) is 2.35. The van der Waals surface area contributed by atoms with E-state index in [1.807, 2.05) is 6.92 Å². The van der Waals surface area contributed by atoms with Gasteiger partial charge < -0.3 is 0 Å². The molecule has 0 atom stereocenters. The van der Waals surface area contributed by atoms with Gasteiger partial charge in [0.1, 0.15) is 5.82 Å². The molecule has 0 saturated heterocycles. The Morgan fingerprint density at radius 3 is 2.67 bits per heavy atom. The van der Waals surface area contributed by atoms with Crippen molar-refractivity contribution in [2.24, 2.45) is 5.14 Å². The average molecular weight is 190 g/mol. The lowest BCUT2D eigenvalue weighted by Crippen LogP contribution is -2.13. The van der Waals surface area contributed by atoms with Gasteiger partial charge in [0.15, 0.2) is 0 Å². The molecule has 0 radical (unpaired) electrons. The Morgan fingerprint density at radius 1 is 1.58 bits per heavy atom. The third-order valence-electron chi connectivity index (χ3n) is 1.25. The maximum absolute atomic E-state index is 10.7. The first kappa shape index (κ1) is 9.14. The Hall–Kier alpha value is -0.950. The number of hydrogen-bond acceptors (Lipinski definition) is 4. The number of aromatic amines is 1. The third kappa shape index (κ3) is 2.02. The minimum Gasteiger partial charge on any atom is -0.262 e. The molecule has 0 unspecified atom stereocenters. The zero-order valence-electron chi connectivity index (χ0n) is 6.61. The van der Waals surface area contributed by atoms with Gasteiger partial charge in [-0.1, -0.05) is 6.92 Å². The fourth-order valence-electron chi connectivity index (χ4n) is 0.754. The van der Waals surface area contributed by atoms with Crippen LogP contribution in [0.1, 0.15) is 19.2 Å². The smallest absolute Gasteiger partial charge is 0.262 e. The van der Waals surface area contributed by atoms with Gasteiger partial charge in [-0.2, -0.15) is 0 Å². The van der Waals surface area contributed by atoms with E-state index < -0.39 is 10.0 Å². The maximum Gasteiger partial charge on any atom is 0.282 e. The third-order valence-corrected chi connectivity index (χ3v) is 1.94. The molecular formula is C5H10N4O2S. The number of nitrogens with one attached hydrogen (secondary N) is 1. The number of nitrogens with zero attached hydrogens (tertiary/aromatic N) is 2. The van der Waals surface area contributed by atoms with E-state index in [9.17, 15) is 8.42 Å². The number of H-pyrrole nitrogens is 1. The number of hydrogen-bond donors (Lipinski definition) is 2. The molecule has 1 aromatic heterocycles. The SMILES string of the molecule is CCCc1nc(S(N)(=O)=O)n[nH]1. The first-order chi connectivity index (χ1) is 5.54. The molecule has 6 nitrogen and oxygen atoms in total. The summed E-state index contributed by atoms with van der Waals surface area (Å²) in [6, 6.07) is 0. The van der Waals surface area contributed by atoms with Crippen LogP contribution in [0.5, 0.6) is 0 Å². The topological polar surface area (TPSA) is 102 Å². The predicted molar refractivity (Wildman–Crippen MR) is 41.8 cm³/mol. The summed E-state index contributed by atoms with van der Waals surface area (Å²) in [6.07, 6.45) is 1.54. The van der Waals surface area contributed by atoms with Crippen LogP contribution in [0, 0.1) is 0 Å². The molecule has 0 aliphatic rings. The summed E-state index contributed by atoms with van der Waals surface area (Å²) in [5, 5.41) is 10.4. The van der Waals surface area contributed by atoms with E-state index in [0.717, 1.165) is 6.42 Å². The van der Waals surface area contributed by atoms with E-state index >= 15 is 0 Å². The molecule has 1 rings (SSSR count). The highest BCUT2D eigenvalue weighted by atomic mass is 32.2. The highest BCUT2D eigenvalue weighted by molar-refractivity contribution is 7.89. The molecule has 0 spiro atoms. The normalized spacial score (nSPS) is 11.8. The molecule has 1 aromatic rings. The Bertz CT molecular complexity index is 355. The lowest BCUT2D eigenvalue weighted by atomic mass is 10.3. The second-order valence-electron chi connectivity index (χ2n) is 2.36. The number of aryl methyl sites for hydroxylation is 1. The summed E-state index contributed by atoms with van der Waals surface area (Å²) < 4.78 is 21.4. The van der Waals surface area contributed by atoms with Gasteiger partial charge in [0, 0.05) is 6.42 Å². The standard InChI is InChI=1S/C5H10N4O2S/c1-2-3-4-7-5(9-8-4)12(6,10)11/h2-3H2,1H3,(H2,6,10,11)(H,7,8,9). The molecule has 1 heterocycles. The van der Waals surface area contributed by atoms with Gasteiger partial charge in [-0.05, 0) is 6.42 Å². The van der Waals surface area contributed by atoms with Crippen LogP contribution < -0.4 is 5.14 Å². The van der Waals surface area contributed by atoms with Gasteiger partial charge in [-0.15, -0.1) is 5.10 Å². The molecule has 0 aliphatic carbocycles. The van der Waals surface area contributed by atoms with Crippen molar-refractivity contribution in [2.75, 3.05) is 0 Å². The van der Waals surface area contributed by atoms with Crippen LogP contribution in [0.3, 0.4) is 0 Å². The molecule has 12 heavy (non-hydrogen) atoms. The van der Waals surface area contributed by atoms with Gasteiger partial charge >= 0.3 is 0 Å². The molecule has 3 N–H and O–H groups in total. The first-order valence-corrected chi connectivity index (χ1v) is 5.02. The fraction of sp³-hybridized carbons (Fsp3) is 0.600. The number of primary sulfonamides is 1. The highest BCUT2D eigenvalue weighted by Gasteiger charge is 2.13. The van der Waals surface area contributed by atoms with Gasteiger partial charge in [0.05, 0.1) is 0 Å². The lowest BCUT2D eigenvalue weighted by Gasteiger charge is -1.87. The second-order valence-corrected chi connectivity index (χ2v) is 3.81. The van der Waals surface area contributed by atoms with Crippen molar-refractivity contribution in [3.63, 3.8) is 0 Å². The van der Waals surface area contributed by atoms with Crippen LogP contribution in [0.2, 0.25) is 0 Å². The monoisotopic (exact) mass is 190 g/mol. The van der Waals surface area contributed by atoms with E-state index in [4.69, 9.17) is 5.14 Å². The zero-order chi connectivity index (χ0) is 9.19. The summed E-state index contributed by atoms with van der Waals surface area (Å²) in [6.45, 7) is 1.96. The van der Waals surface area contributed by atoms with E-state index in [2.05, 4.69) is 15.2 Å². The first-order valence-electron chi connectivity index (χ1n) is 3.48. The molecule has 0 bridgehead atoms. The highest BCUT2D eigenvalue weighted by Crippen LogP contribution is 1.99. The summed E-state index contributed by atoms with van der Waals surface area (Å²) in [5.41, 5.74) is 0. The van der Waals surface area contributed by atoms with E-state index in [1.54, 1.807) is 0 Å². The number of aromatic nitrogens is 3. The van der Waals surface area contributed by atoms with Crippen LogP contribution in [0.25, 0.3) is 0 Å². The van der Waals surface area contributed by atoms with Crippen LogP contribution in [0.15, 0.2) is 5.16 Å². The second kappa shape index (κ2) is 3.20. The van der Waals surface area contributed by atoms with Crippen molar-refractivity contribution in [3.05, 3.63) is 5.82 Å². The lowest BCUT2D eigenvalue weighted by molar-refractivity contribution is 0.589. The predicted octanol–water partition coefficient (Wildman–Crippen LogP) is -0.595. The maximum atomic E-state index is 10.7. The van der Waals surface area contributed by atoms with Crippen LogP contribution in [-0.4, -0.2) is 23.6 Å². The van der Waals surface area contributed by atoms with Gasteiger partial charge in [-0.25, -0.2) is 18.5 Å². The van der Waals surface area contributed by atoms with Gasteiger partial charge in [-0.3, -0.25) is 5.10 Å². The molecule has 0 aliphatic heterocycles. The minimum atomic E-state index is -3.75. The number of rotatable bonds is 3. The molecule has 0 fully saturated rings. The molecule has 0 aromatic carbocycles. The quantitative estimate of drug-likeness (QED) is 0.664. The Balaban J connectivity index is 2.92. The molecule has 0 amide bonds. The van der Waals surface area contributed by atoms with Gasteiger partial charge in [0.25, 0.3) is 15.2 Å². The number of nitrogens with two attached hydrogens (primary N) is 1. The number of sulfonamides is 1. The summed E-state index contributed by atoms with van der Waals surface area (Å²) in [7, 11) is -3.75. The van der Waals surface area contributed by atoms with E-state index in [-0.39, 0.29) is 5.16 Å². The summed E-state index contributed by atoms with van der Waals surface area (Å²) in [4.78, 5) is 3.69. The Morgan fingerprint density at radius 2 is 2.25 bits per heavy atom. The van der Waals surface area contributed by atoms with E-state index in [1.165, 1.54) is 0 Å². The van der Waals surface area contributed by atoms with Gasteiger partial charge in [0.2, 0.25) is 0 Å². The largest absolute Gasteiger partial charge is 0.282 e. The van der Waals surface area contributed by atoms with Crippen LogP contribution in [-0.2, 0) is 16.4 Å². The van der Waals surface area contributed by atoms with Crippen molar-refractivity contribution >= 4 is 10.0 Å². The van der Waals surface area contributed by atoms with Crippen LogP contribution in [0.4, 0.5) is 0 Å². The van der Waals surface area contributed by atoms with Crippen molar-refractivity contribution in [1.29, 1.82) is 0 Å². The summed E-state index contributed by atoms with van der Waals surface area (Å²) >= 11 is 0.